The zero-order chi connectivity index (χ0) is 24.0. The van der Waals surface area contributed by atoms with Crippen molar-refractivity contribution < 1.29 is 13.9 Å². The fourth-order valence-electron chi connectivity index (χ4n) is 6.24. The van der Waals surface area contributed by atoms with E-state index in [9.17, 15) is 4.39 Å². The molecule has 35 heavy (non-hydrogen) atoms. The zero-order valence-corrected chi connectivity index (χ0v) is 20.9. The normalized spacial score (nSPS) is 24.6. The molecule has 190 valence electrons. The summed E-state index contributed by atoms with van der Waals surface area (Å²) in [5, 5.41) is 0. The Labute approximate surface area is 209 Å². The van der Waals surface area contributed by atoms with Gasteiger partial charge in [0.05, 0.1) is 25.3 Å². The zero-order valence-electron chi connectivity index (χ0n) is 20.9. The van der Waals surface area contributed by atoms with Gasteiger partial charge in [-0.1, -0.05) is 6.07 Å². The van der Waals surface area contributed by atoms with E-state index < -0.39 is 0 Å². The third kappa shape index (κ3) is 5.72. The highest BCUT2D eigenvalue weighted by atomic mass is 19.1. The number of aromatic nitrogens is 1. The molecule has 7 heteroatoms. The summed E-state index contributed by atoms with van der Waals surface area (Å²) in [4.78, 5) is 12.3. The summed E-state index contributed by atoms with van der Waals surface area (Å²) in [6.07, 6.45) is 8.94. The summed E-state index contributed by atoms with van der Waals surface area (Å²) in [6, 6.07) is 12.4. The summed E-state index contributed by atoms with van der Waals surface area (Å²) >= 11 is 0. The van der Waals surface area contributed by atoms with Crippen LogP contribution < -0.4 is 14.7 Å². The van der Waals surface area contributed by atoms with Crippen LogP contribution in [-0.4, -0.2) is 70.2 Å². The average Bonchev–Trinajstić information content (AvgIpc) is 3.33. The maximum atomic E-state index is 13.9. The summed E-state index contributed by atoms with van der Waals surface area (Å²) in [5.41, 5.74) is 2.29. The van der Waals surface area contributed by atoms with E-state index in [2.05, 4.69) is 26.8 Å². The smallest absolute Gasteiger partial charge is 0.130 e. The van der Waals surface area contributed by atoms with Gasteiger partial charge in [0, 0.05) is 63.5 Å². The van der Waals surface area contributed by atoms with Gasteiger partial charge in [-0.15, -0.1) is 0 Å². The highest BCUT2D eigenvalue weighted by Crippen LogP contribution is 2.37. The van der Waals surface area contributed by atoms with Crippen molar-refractivity contribution in [2.75, 3.05) is 67.8 Å². The minimum atomic E-state index is -0.157. The van der Waals surface area contributed by atoms with Crippen molar-refractivity contribution in [3.8, 4) is 0 Å². The van der Waals surface area contributed by atoms with Crippen LogP contribution in [0.4, 0.5) is 21.6 Å². The summed E-state index contributed by atoms with van der Waals surface area (Å²) in [7, 11) is 1.71. The molecule has 3 aliphatic heterocycles. The minimum Gasteiger partial charge on any atom is -0.382 e. The molecule has 4 heterocycles. The highest BCUT2D eigenvalue weighted by Gasteiger charge is 2.41. The number of methoxy groups -OCH3 is 1. The van der Waals surface area contributed by atoms with Gasteiger partial charge in [0.2, 0.25) is 0 Å². The summed E-state index contributed by atoms with van der Waals surface area (Å²) in [6.45, 7) is 6.32. The Kier molecular flexibility index (Phi) is 8.04. The van der Waals surface area contributed by atoms with Gasteiger partial charge in [-0.2, -0.15) is 0 Å². The van der Waals surface area contributed by atoms with Gasteiger partial charge in [0.1, 0.15) is 11.6 Å². The second-order valence-electron chi connectivity index (χ2n) is 10.2. The monoisotopic (exact) mass is 482 g/mol. The van der Waals surface area contributed by atoms with Crippen LogP contribution >= 0.6 is 0 Å². The Bertz CT molecular complexity index is 960. The molecule has 3 atom stereocenters. The lowest BCUT2D eigenvalue weighted by molar-refractivity contribution is 0.0627. The first kappa shape index (κ1) is 24.3. The molecule has 0 N–H and O–H groups in total. The lowest BCUT2D eigenvalue weighted by Crippen LogP contribution is -2.50. The van der Waals surface area contributed by atoms with E-state index in [-0.39, 0.29) is 5.82 Å². The molecule has 0 radical (unpaired) electrons. The first-order chi connectivity index (χ1) is 17.2. The van der Waals surface area contributed by atoms with E-state index in [0.29, 0.717) is 31.2 Å². The molecular formula is C28H39FN4O2. The number of nitrogens with zero attached hydrogens (tertiary/aromatic N) is 4. The Morgan fingerprint density at radius 3 is 2.69 bits per heavy atom. The minimum absolute atomic E-state index is 0.157. The predicted molar refractivity (Wildman–Crippen MR) is 139 cm³/mol. The maximum absolute atomic E-state index is 13.9. The summed E-state index contributed by atoms with van der Waals surface area (Å²) in [5.74, 6) is 1.59. The Balaban J connectivity index is 1.23. The number of rotatable bonds is 9. The van der Waals surface area contributed by atoms with E-state index in [1.54, 1.807) is 13.2 Å². The quantitative estimate of drug-likeness (QED) is 0.481. The van der Waals surface area contributed by atoms with Gasteiger partial charge in [-0.25, -0.2) is 9.37 Å². The molecule has 1 unspecified atom stereocenters. The molecule has 6 nitrogen and oxygen atoms in total. The van der Waals surface area contributed by atoms with Gasteiger partial charge >= 0.3 is 0 Å². The standard InChI is InChI=1S/C28H39FN4O2/c1-34-17-18-35-16-11-22-5-3-13-31(21-22)24-9-12-30-28(20-24)33-15-10-27-26(33)8-4-14-32(27)25-7-2-6-23(29)19-25/h2,6-7,9,12,19-20,22,26-27H,3-5,8,10-11,13-18,21H2,1H3/t22?,26-,27-/m1/s1. The number of halogens is 1. The van der Waals surface area contributed by atoms with Gasteiger partial charge in [0.15, 0.2) is 0 Å². The van der Waals surface area contributed by atoms with Crippen LogP contribution in [0.3, 0.4) is 0 Å². The van der Waals surface area contributed by atoms with Crippen molar-refractivity contribution in [3.63, 3.8) is 0 Å². The molecule has 0 aliphatic carbocycles. The Morgan fingerprint density at radius 1 is 0.914 bits per heavy atom. The molecule has 5 rings (SSSR count). The fourth-order valence-corrected chi connectivity index (χ4v) is 6.24. The first-order valence-corrected chi connectivity index (χ1v) is 13.3. The number of piperidine rings is 2. The van der Waals surface area contributed by atoms with Crippen molar-refractivity contribution in [1.82, 2.24) is 4.98 Å². The average molecular weight is 483 g/mol. The molecular weight excluding hydrogens is 443 g/mol. The molecule has 0 bridgehead atoms. The van der Waals surface area contributed by atoms with E-state index in [0.717, 1.165) is 70.0 Å². The molecule has 1 aromatic carbocycles. The molecule has 0 spiro atoms. The van der Waals surface area contributed by atoms with Crippen LogP contribution in [0, 0.1) is 11.7 Å². The number of benzene rings is 1. The molecule has 0 saturated carbocycles. The molecule has 3 fully saturated rings. The van der Waals surface area contributed by atoms with Crippen LogP contribution in [0.15, 0.2) is 42.6 Å². The number of ether oxygens (including phenoxy) is 2. The third-order valence-corrected chi connectivity index (χ3v) is 7.96. The molecule has 3 saturated heterocycles. The van der Waals surface area contributed by atoms with Gasteiger partial charge in [-0.3, -0.25) is 0 Å². The van der Waals surface area contributed by atoms with E-state index in [4.69, 9.17) is 14.5 Å². The number of pyridine rings is 1. The second kappa shape index (κ2) is 11.6. The molecule has 1 aromatic heterocycles. The third-order valence-electron chi connectivity index (χ3n) is 7.96. The predicted octanol–water partition coefficient (Wildman–Crippen LogP) is 4.74. The fraction of sp³-hybridized carbons (Fsp3) is 0.607. The Morgan fingerprint density at radius 2 is 1.80 bits per heavy atom. The van der Waals surface area contributed by atoms with Crippen LogP contribution in [-0.2, 0) is 9.47 Å². The summed E-state index contributed by atoms with van der Waals surface area (Å²) < 4.78 is 24.7. The lowest BCUT2D eigenvalue weighted by Gasteiger charge is -2.42. The van der Waals surface area contributed by atoms with Crippen LogP contribution in [0.1, 0.15) is 38.5 Å². The topological polar surface area (TPSA) is 41.1 Å². The van der Waals surface area contributed by atoms with Gasteiger partial charge < -0.3 is 24.2 Å². The van der Waals surface area contributed by atoms with Gasteiger partial charge in [0.25, 0.3) is 0 Å². The van der Waals surface area contributed by atoms with E-state index in [1.807, 2.05) is 18.3 Å². The van der Waals surface area contributed by atoms with Gasteiger partial charge in [-0.05, 0) is 68.7 Å². The van der Waals surface area contributed by atoms with Crippen molar-refractivity contribution in [3.05, 3.63) is 48.4 Å². The SMILES string of the molecule is COCCOCCC1CCCN(c2ccnc(N3CC[C@@H]4[C@H]3CCCN4c3cccc(F)c3)c2)C1. The number of hydrogen-bond acceptors (Lipinski definition) is 6. The molecule has 3 aliphatic rings. The van der Waals surface area contributed by atoms with E-state index >= 15 is 0 Å². The van der Waals surface area contributed by atoms with E-state index in [1.165, 1.54) is 24.6 Å². The van der Waals surface area contributed by atoms with Crippen molar-refractivity contribution in [1.29, 1.82) is 0 Å². The van der Waals surface area contributed by atoms with Crippen LogP contribution in [0.2, 0.25) is 0 Å². The van der Waals surface area contributed by atoms with Crippen LogP contribution in [0.25, 0.3) is 0 Å². The van der Waals surface area contributed by atoms with Crippen molar-refractivity contribution >= 4 is 17.2 Å². The number of fused-ring (bicyclic) bond motifs is 1. The highest BCUT2D eigenvalue weighted by molar-refractivity contribution is 5.58. The largest absolute Gasteiger partial charge is 0.382 e. The number of hydrogen-bond donors (Lipinski definition) is 0. The molecule has 2 aromatic rings. The number of anilines is 3. The Hall–Kier alpha value is -2.38. The van der Waals surface area contributed by atoms with Crippen molar-refractivity contribution in [2.45, 2.75) is 50.6 Å². The second-order valence-corrected chi connectivity index (χ2v) is 10.2. The van der Waals surface area contributed by atoms with Crippen LogP contribution in [0.5, 0.6) is 0 Å². The first-order valence-electron chi connectivity index (χ1n) is 13.3. The lowest BCUT2D eigenvalue weighted by atomic mass is 9.94. The maximum Gasteiger partial charge on any atom is 0.130 e. The van der Waals surface area contributed by atoms with Crippen molar-refractivity contribution in [2.24, 2.45) is 5.92 Å². The molecule has 0 amide bonds.